The smallest absolute Gasteiger partial charge is 0.271 e. The number of nitrogens with zero attached hydrogens (tertiary/aromatic N) is 2. The first-order valence-electron chi connectivity index (χ1n) is 5.19. The van der Waals surface area contributed by atoms with E-state index >= 15 is 0 Å². The van der Waals surface area contributed by atoms with Gasteiger partial charge in [-0.05, 0) is 18.8 Å². The molecule has 1 amide bonds. The number of rotatable bonds is 2. The summed E-state index contributed by atoms with van der Waals surface area (Å²) in [5.41, 5.74) is 0.522. The van der Waals surface area contributed by atoms with Crippen molar-refractivity contribution in [3.63, 3.8) is 0 Å². The Labute approximate surface area is 88.1 Å². The minimum absolute atomic E-state index is 0.0225. The highest BCUT2D eigenvalue weighted by atomic mass is 16.3. The number of aromatic amines is 1. The standard InChI is InChI=1S/C10H15N3O2/c14-6-8-2-1-3-13(5-8)10(15)9-4-11-7-12-9/h4,7-8,14H,1-3,5-6H2,(H,11,12). The first kappa shape index (κ1) is 10.2. The van der Waals surface area contributed by atoms with Crippen LogP contribution in [0.15, 0.2) is 12.5 Å². The maximum atomic E-state index is 11.9. The summed E-state index contributed by atoms with van der Waals surface area (Å²) in [5, 5.41) is 9.06. The molecule has 0 spiro atoms. The first-order valence-corrected chi connectivity index (χ1v) is 5.19. The third-order valence-corrected chi connectivity index (χ3v) is 2.79. The second-order valence-electron chi connectivity index (χ2n) is 3.91. The molecule has 15 heavy (non-hydrogen) atoms. The number of piperidine rings is 1. The lowest BCUT2D eigenvalue weighted by Gasteiger charge is -2.31. The summed E-state index contributed by atoms with van der Waals surface area (Å²) in [4.78, 5) is 20.3. The molecule has 0 aromatic carbocycles. The summed E-state index contributed by atoms with van der Waals surface area (Å²) in [6, 6.07) is 0. The van der Waals surface area contributed by atoms with Crippen LogP contribution in [0.4, 0.5) is 0 Å². The highest BCUT2D eigenvalue weighted by molar-refractivity contribution is 5.92. The van der Waals surface area contributed by atoms with Crippen molar-refractivity contribution >= 4 is 5.91 Å². The quantitative estimate of drug-likeness (QED) is 0.733. The largest absolute Gasteiger partial charge is 0.396 e. The summed E-state index contributed by atoms with van der Waals surface area (Å²) in [6.45, 7) is 1.58. The molecule has 0 bridgehead atoms. The zero-order valence-corrected chi connectivity index (χ0v) is 8.52. The number of aliphatic hydroxyl groups excluding tert-OH is 1. The average Bonchev–Trinajstić information content (AvgIpc) is 2.81. The number of aromatic nitrogens is 2. The Kier molecular flexibility index (Phi) is 3.01. The fraction of sp³-hybridized carbons (Fsp3) is 0.600. The summed E-state index contributed by atoms with van der Waals surface area (Å²) >= 11 is 0. The molecule has 0 radical (unpaired) electrons. The van der Waals surface area contributed by atoms with Crippen LogP contribution in [-0.2, 0) is 0 Å². The molecule has 1 aliphatic heterocycles. The van der Waals surface area contributed by atoms with Crippen molar-refractivity contribution in [2.45, 2.75) is 12.8 Å². The number of H-pyrrole nitrogens is 1. The fourth-order valence-corrected chi connectivity index (χ4v) is 1.94. The Hall–Kier alpha value is -1.36. The fourth-order valence-electron chi connectivity index (χ4n) is 1.94. The monoisotopic (exact) mass is 209 g/mol. The molecule has 2 heterocycles. The van der Waals surface area contributed by atoms with Crippen LogP contribution >= 0.6 is 0 Å². The van der Waals surface area contributed by atoms with Crippen LogP contribution in [0.3, 0.4) is 0 Å². The van der Waals surface area contributed by atoms with Crippen molar-refractivity contribution in [3.05, 3.63) is 18.2 Å². The van der Waals surface area contributed by atoms with Crippen molar-refractivity contribution < 1.29 is 9.90 Å². The molecule has 82 valence electrons. The summed E-state index contributed by atoms with van der Waals surface area (Å²) < 4.78 is 0. The van der Waals surface area contributed by atoms with Gasteiger partial charge in [0.05, 0.1) is 12.5 Å². The van der Waals surface area contributed by atoms with E-state index in [0.29, 0.717) is 12.2 Å². The second kappa shape index (κ2) is 4.44. The first-order chi connectivity index (χ1) is 7.31. The molecule has 5 nitrogen and oxygen atoms in total. The van der Waals surface area contributed by atoms with E-state index in [4.69, 9.17) is 5.11 Å². The topological polar surface area (TPSA) is 69.2 Å². The lowest BCUT2D eigenvalue weighted by Crippen LogP contribution is -2.41. The second-order valence-corrected chi connectivity index (χ2v) is 3.91. The van der Waals surface area contributed by atoms with Gasteiger partial charge in [0.15, 0.2) is 0 Å². The highest BCUT2D eigenvalue weighted by Crippen LogP contribution is 2.17. The number of nitrogens with one attached hydrogen (secondary N) is 1. The number of imidazole rings is 1. The van der Waals surface area contributed by atoms with Gasteiger partial charge in [-0.2, -0.15) is 0 Å². The molecule has 1 aromatic rings. The van der Waals surface area contributed by atoms with Crippen molar-refractivity contribution in [3.8, 4) is 0 Å². The maximum Gasteiger partial charge on any atom is 0.271 e. The summed E-state index contributed by atoms with van der Waals surface area (Å²) in [5.74, 6) is 0.205. The number of aliphatic hydroxyl groups is 1. The van der Waals surface area contributed by atoms with Crippen LogP contribution in [0.25, 0.3) is 0 Å². The summed E-state index contributed by atoms with van der Waals surface area (Å²) in [7, 11) is 0. The normalized spacial score (nSPS) is 21.7. The van der Waals surface area contributed by atoms with Gasteiger partial charge in [0.2, 0.25) is 0 Å². The van der Waals surface area contributed by atoms with Crippen LogP contribution in [-0.4, -0.2) is 45.6 Å². The van der Waals surface area contributed by atoms with E-state index in [2.05, 4.69) is 9.97 Å². The van der Waals surface area contributed by atoms with Crippen LogP contribution in [0.2, 0.25) is 0 Å². The van der Waals surface area contributed by atoms with Gasteiger partial charge in [-0.1, -0.05) is 0 Å². The number of hydrogen-bond donors (Lipinski definition) is 2. The number of likely N-dealkylation sites (tertiary alicyclic amines) is 1. The maximum absolute atomic E-state index is 11.9. The molecule has 2 N–H and O–H groups in total. The molecular formula is C10H15N3O2. The van der Waals surface area contributed by atoms with Gasteiger partial charge < -0.3 is 15.0 Å². The SMILES string of the molecule is O=C(c1cnc[nH]1)N1CCCC(CO)C1. The van der Waals surface area contributed by atoms with Gasteiger partial charge in [-0.25, -0.2) is 4.98 Å². The van der Waals surface area contributed by atoms with Crippen LogP contribution in [0.5, 0.6) is 0 Å². The molecule has 1 unspecified atom stereocenters. The molecule has 0 saturated carbocycles. The molecule has 0 aliphatic carbocycles. The van der Waals surface area contributed by atoms with Crippen LogP contribution in [0.1, 0.15) is 23.3 Å². The number of carbonyl (C=O) groups is 1. The highest BCUT2D eigenvalue weighted by Gasteiger charge is 2.24. The van der Waals surface area contributed by atoms with Crippen molar-refractivity contribution in [1.29, 1.82) is 0 Å². The van der Waals surface area contributed by atoms with Crippen molar-refractivity contribution in [2.75, 3.05) is 19.7 Å². The summed E-state index contributed by atoms with van der Waals surface area (Å²) in [6.07, 6.45) is 5.00. The van der Waals surface area contributed by atoms with Gasteiger partial charge >= 0.3 is 0 Å². The third-order valence-electron chi connectivity index (χ3n) is 2.79. The number of amides is 1. The third kappa shape index (κ3) is 2.18. The minimum Gasteiger partial charge on any atom is -0.396 e. The Morgan fingerprint density at radius 1 is 1.73 bits per heavy atom. The molecule has 1 aliphatic rings. The number of carbonyl (C=O) groups excluding carboxylic acids is 1. The van der Waals surface area contributed by atoms with Crippen LogP contribution in [0, 0.1) is 5.92 Å². The van der Waals surface area contributed by atoms with Crippen molar-refractivity contribution in [1.82, 2.24) is 14.9 Å². The molecule has 5 heteroatoms. The predicted molar refractivity (Wildman–Crippen MR) is 54.3 cm³/mol. The Balaban J connectivity index is 2.01. The molecule has 1 fully saturated rings. The molecular weight excluding hydrogens is 194 g/mol. The molecule has 1 saturated heterocycles. The minimum atomic E-state index is -0.0225. The van der Waals surface area contributed by atoms with E-state index in [-0.39, 0.29) is 18.4 Å². The molecule has 1 atom stereocenters. The van der Waals surface area contributed by atoms with Crippen LogP contribution < -0.4 is 0 Å². The van der Waals surface area contributed by atoms with E-state index in [1.807, 2.05) is 0 Å². The van der Waals surface area contributed by atoms with Gasteiger partial charge in [0.25, 0.3) is 5.91 Å². The molecule has 2 rings (SSSR count). The Bertz CT molecular complexity index is 323. The van der Waals surface area contributed by atoms with Gasteiger partial charge in [0, 0.05) is 19.7 Å². The van der Waals surface area contributed by atoms with E-state index in [0.717, 1.165) is 19.4 Å². The lowest BCUT2D eigenvalue weighted by molar-refractivity contribution is 0.0615. The van der Waals surface area contributed by atoms with E-state index in [9.17, 15) is 4.79 Å². The van der Waals surface area contributed by atoms with E-state index in [1.54, 1.807) is 4.90 Å². The number of hydrogen-bond acceptors (Lipinski definition) is 3. The van der Waals surface area contributed by atoms with E-state index in [1.165, 1.54) is 12.5 Å². The average molecular weight is 209 g/mol. The van der Waals surface area contributed by atoms with Gasteiger partial charge in [-0.3, -0.25) is 4.79 Å². The van der Waals surface area contributed by atoms with Crippen molar-refractivity contribution in [2.24, 2.45) is 5.92 Å². The molecule has 1 aromatic heterocycles. The Morgan fingerprint density at radius 3 is 3.27 bits per heavy atom. The van der Waals surface area contributed by atoms with Gasteiger partial charge in [-0.15, -0.1) is 0 Å². The Morgan fingerprint density at radius 2 is 2.60 bits per heavy atom. The zero-order valence-electron chi connectivity index (χ0n) is 8.52. The van der Waals surface area contributed by atoms with E-state index < -0.39 is 0 Å². The van der Waals surface area contributed by atoms with Gasteiger partial charge in [0.1, 0.15) is 5.69 Å². The zero-order chi connectivity index (χ0) is 10.7. The lowest BCUT2D eigenvalue weighted by atomic mass is 9.99. The predicted octanol–water partition coefficient (Wildman–Crippen LogP) is 0.254.